The van der Waals surface area contributed by atoms with Gasteiger partial charge in [-0.3, -0.25) is 4.79 Å². The number of hydrogen-bond donors (Lipinski definition) is 0. The zero-order valence-electron chi connectivity index (χ0n) is 20.3. The molecule has 2 nitrogen and oxygen atoms in total. The van der Waals surface area contributed by atoms with Crippen molar-refractivity contribution in [1.29, 1.82) is 0 Å². The molecule has 4 aliphatic carbocycles. The topological polar surface area (TPSA) is 26.3 Å². The van der Waals surface area contributed by atoms with Crippen LogP contribution in [0.25, 0.3) is 0 Å². The number of carbonyl (C=O) groups excluding carboxylic acids is 1. The van der Waals surface area contributed by atoms with Crippen molar-refractivity contribution in [2.45, 2.75) is 110 Å². The predicted octanol–water partition coefficient (Wildman–Crippen LogP) is 7.40. The molecule has 8 atom stereocenters. The molecule has 4 saturated carbocycles. The first kappa shape index (κ1) is 22.8. The molecule has 30 heavy (non-hydrogen) atoms. The summed E-state index contributed by atoms with van der Waals surface area (Å²) in [5, 5.41) is 0. The fraction of sp³-hybridized carbons (Fsp3) is 0.889. The van der Waals surface area contributed by atoms with Crippen molar-refractivity contribution in [3.05, 3.63) is 12.7 Å². The van der Waals surface area contributed by atoms with Crippen LogP contribution in [-0.2, 0) is 9.22 Å². The molecule has 2 unspecified atom stereocenters. The summed E-state index contributed by atoms with van der Waals surface area (Å²) in [6.07, 6.45) is 15.0. The van der Waals surface area contributed by atoms with E-state index in [-0.39, 0.29) is 11.3 Å². The van der Waals surface area contributed by atoms with E-state index in [4.69, 9.17) is 4.43 Å². The van der Waals surface area contributed by atoms with Crippen LogP contribution in [0.1, 0.15) is 85.0 Å². The average molecular weight is 431 g/mol. The molecule has 0 heterocycles. The van der Waals surface area contributed by atoms with Crippen LogP contribution in [-0.4, -0.2) is 20.2 Å². The fourth-order valence-corrected chi connectivity index (χ4v) is 11.1. The number of hydrogen-bond acceptors (Lipinski definition) is 2. The van der Waals surface area contributed by atoms with Gasteiger partial charge in [-0.05, 0) is 98.6 Å². The Labute approximate surface area is 186 Å². The van der Waals surface area contributed by atoms with Crippen LogP contribution in [0.5, 0.6) is 0 Å². The number of ketones is 1. The molecule has 4 fully saturated rings. The summed E-state index contributed by atoms with van der Waals surface area (Å²) >= 11 is 0. The minimum Gasteiger partial charge on any atom is -0.414 e. The van der Waals surface area contributed by atoms with E-state index in [1.165, 1.54) is 63.8 Å². The molecule has 0 aromatic rings. The average Bonchev–Trinajstić information content (AvgIpc) is 2.96. The number of unbranched alkanes of at least 4 members (excludes halogenated alkanes) is 1. The summed E-state index contributed by atoms with van der Waals surface area (Å²) < 4.78 is 6.82. The number of fused-ring (bicyclic) bond motifs is 5. The highest BCUT2D eigenvalue weighted by Crippen LogP contribution is 2.67. The summed E-state index contributed by atoms with van der Waals surface area (Å²) in [4.78, 5) is 12.8. The molecule has 0 radical (unpaired) electrons. The van der Waals surface area contributed by atoms with Gasteiger partial charge in [0.2, 0.25) is 0 Å². The van der Waals surface area contributed by atoms with Gasteiger partial charge in [0.15, 0.2) is 8.32 Å². The molecule has 0 aromatic carbocycles. The first-order valence-corrected chi connectivity index (χ1v) is 16.1. The Morgan fingerprint density at radius 1 is 1.10 bits per heavy atom. The smallest absolute Gasteiger partial charge is 0.187 e. The van der Waals surface area contributed by atoms with Crippen LogP contribution in [0.2, 0.25) is 19.1 Å². The molecule has 170 valence electrons. The maximum atomic E-state index is 12.8. The van der Waals surface area contributed by atoms with E-state index in [0.29, 0.717) is 23.2 Å². The second-order valence-electron chi connectivity index (χ2n) is 12.5. The molecule has 0 amide bonds. The molecule has 0 aliphatic heterocycles. The maximum Gasteiger partial charge on any atom is 0.187 e. The van der Waals surface area contributed by atoms with Gasteiger partial charge in [0.25, 0.3) is 0 Å². The van der Waals surface area contributed by atoms with Crippen LogP contribution < -0.4 is 0 Å². The predicted molar refractivity (Wildman–Crippen MR) is 128 cm³/mol. The van der Waals surface area contributed by atoms with E-state index in [9.17, 15) is 4.79 Å². The number of allylic oxidation sites excluding steroid dienone is 1. The van der Waals surface area contributed by atoms with Crippen molar-refractivity contribution in [3.8, 4) is 0 Å². The minimum atomic E-state index is -1.52. The molecule has 0 spiro atoms. The van der Waals surface area contributed by atoms with Crippen molar-refractivity contribution >= 4 is 14.1 Å². The quantitative estimate of drug-likeness (QED) is 0.324. The Morgan fingerprint density at radius 3 is 2.53 bits per heavy atom. The molecular formula is C27H46O2Si. The number of rotatable bonds is 6. The Balaban J connectivity index is 1.46. The Hall–Kier alpha value is -0.413. The SMILES string of the molecule is C=C[C@H]1C(=O)C[C@H]2[C@@H]3CCC4CC(O[Si](C)(C)CCCC)CC[C@]4(C)[C@H]3CC[C@]12C. The summed E-state index contributed by atoms with van der Waals surface area (Å²) in [6, 6.07) is 1.31. The van der Waals surface area contributed by atoms with E-state index >= 15 is 0 Å². The zero-order valence-corrected chi connectivity index (χ0v) is 21.3. The number of Topliss-reactive ketones (excluding diaryl/α,β-unsaturated/α-hetero) is 1. The monoisotopic (exact) mass is 430 g/mol. The van der Waals surface area contributed by atoms with Crippen molar-refractivity contribution < 1.29 is 9.22 Å². The molecule has 4 rings (SSSR count). The van der Waals surface area contributed by atoms with Crippen LogP contribution in [0.3, 0.4) is 0 Å². The second-order valence-corrected chi connectivity index (χ2v) is 16.7. The highest BCUT2D eigenvalue weighted by atomic mass is 28.4. The van der Waals surface area contributed by atoms with Crippen molar-refractivity contribution in [3.63, 3.8) is 0 Å². The minimum absolute atomic E-state index is 0.105. The van der Waals surface area contributed by atoms with Gasteiger partial charge in [0.1, 0.15) is 5.78 Å². The zero-order chi connectivity index (χ0) is 21.7. The third kappa shape index (κ3) is 3.70. The van der Waals surface area contributed by atoms with E-state index < -0.39 is 8.32 Å². The van der Waals surface area contributed by atoms with Gasteiger partial charge in [0, 0.05) is 18.4 Å². The van der Waals surface area contributed by atoms with Crippen molar-refractivity contribution in [1.82, 2.24) is 0 Å². The lowest BCUT2D eigenvalue weighted by Crippen LogP contribution is -2.54. The Morgan fingerprint density at radius 2 is 1.83 bits per heavy atom. The standard InChI is InChI=1S/C27H46O2Si/c1-7-9-16-30(5,6)29-20-12-14-26(3)19(17-20)10-11-21-23(26)13-15-27(4)22(8-2)25(28)18-24(21)27/h8,19-24H,2,7,9-18H2,1,3-6H3/t19?,20?,21-,22+,23+,24+,26+,27-/m1/s1. The van der Waals surface area contributed by atoms with Gasteiger partial charge >= 0.3 is 0 Å². The Bertz CT molecular complexity index is 672. The second kappa shape index (κ2) is 8.18. The van der Waals surface area contributed by atoms with Crippen molar-refractivity contribution in [2.24, 2.45) is 40.4 Å². The third-order valence-electron chi connectivity index (χ3n) is 10.4. The molecule has 0 saturated heterocycles. The van der Waals surface area contributed by atoms with Crippen LogP contribution >= 0.6 is 0 Å². The normalized spacial score (nSPS) is 46.1. The molecule has 0 bridgehead atoms. The maximum absolute atomic E-state index is 12.8. The largest absolute Gasteiger partial charge is 0.414 e. The molecule has 3 heteroatoms. The van der Waals surface area contributed by atoms with Crippen LogP contribution in [0, 0.1) is 40.4 Å². The molecular weight excluding hydrogens is 384 g/mol. The highest BCUT2D eigenvalue weighted by molar-refractivity contribution is 6.71. The molecule has 0 N–H and O–H groups in total. The summed E-state index contributed by atoms with van der Waals surface area (Å²) in [5.41, 5.74) is 0.646. The first-order valence-electron chi connectivity index (χ1n) is 13.0. The van der Waals surface area contributed by atoms with E-state index in [2.05, 4.69) is 40.4 Å². The lowest BCUT2D eigenvalue weighted by molar-refractivity contribution is -0.123. The highest BCUT2D eigenvalue weighted by Gasteiger charge is 2.61. The van der Waals surface area contributed by atoms with Crippen molar-refractivity contribution in [2.75, 3.05) is 0 Å². The van der Waals surface area contributed by atoms with Crippen LogP contribution in [0.15, 0.2) is 12.7 Å². The van der Waals surface area contributed by atoms with E-state index in [0.717, 1.165) is 24.2 Å². The first-order chi connectivity index (χ1) is 14.1. The lowest BCUT2D eigenvalue weighted by Gasteiger charge is -2.61. The van der Waals surface area contributed by atoms with Gasteiger partial charge < -0.3 is 4.43 Å². The third-order valence-corrected chi connectivity index (χ3v) is 12.9. The summed E-state index contributed by atoms with van der Waals surface area (Å²) in [6.45, 7) is 16.2. The van der Waals surface area contributed by atoms with E-state index in [1.807, 2.05) is 6.08 Å². The van der Waals surface area contributed by atoms with Gasteiger partial charge in [-0.15, -0.1) is 6.58 Å². The molecule has 0 aromatic heterocycles. The van der Waals surface area contributed by atoms with Crippen LogP contribution in [0.4, 0.5) is 0 Å². The van der Waals surface area contributed by atoms with Gasteiger partial charge in [-0.2, -0.15) is 0 Å². The van der Waals surface area contributed by atoms with E-state index in [1.54, 1.807) is 0 Å². The Kier molecular flexibility index (Phi) is 6.20. The summed E-state index contributed by atoms with van der Waals surface area (Å²) in [7, 11) is -1.52. The van der Waals surface area contributed by atoms with Gasteiger partial charge in [0.05, 0.1) is 0 Å². The fourth-order valence-electron chi connectivity index (χ4n) is 8.67. The number of carbonyl (C=O) groups is 1. The molecule has 4 aliphatic rings. The summed E-state index contributed by atoms with van der Waals surface area (Å²) in [5.74, 6) is 3.57. The van der Waals surface area contributed by atoms with Gasteiger partial charge in [-0.1, -0.05) is 39.7 Å². The lowest BCUT2D eigenvalue weighted by atomic mass is 9.44. The van der Waals surface area contributed by atoms with Gasteiger partial charge in [-0.25, -0.2) is 0 Å².